The van der Waals surface area contributed by atoms with Crippen molar-refractivity contribution in [2.75, 3.05) is 16.8 Å². The highest BCUT2D eigenvalue weighted by Gasteiger charge is 2.24. The van der Waals surface area contributed by atoms with Gasteiger partial charge >= 0.3 is 0 Å². The minimum absolute atomic E-state index is 0.0705. The zero-order valence-electron chi connectivity index (χ0n) is 16.4. The molecule has 0 saturated carbocycles. The Hall–Kier alpha value is -2.93. The predicted octanol–water partition coefficient (Wildman–Crippen LogP) is 4.73. The summed E-state index contributed by atoms with van der Waals surface area (Å²) in [6.07, 6.45) is 1.18. The van der Waals surface area contributed by atoms with Gasteiger partial charge in [0, 0.05) is 34.9 Å². The molecule has 1 aromatic carbocycles. The third-order valence-corrected chi connectivity index (χ3v) is 6.14. The summed E-state index contributed by atoms with van der Waals surface area (Å²) in [4.78, 5) is 27.3. The summed E-state index contributed by atoms with van der Waals surface area (Å²) in [5, 5.41) is 4.81. The zero-order chi connectivity index (χ0) is 20.5. The number of thiophene rings is 1. The van der Waals surface area contributed by atoms with Crippen molar-refractivity contribution in [1.82, 2.24) is 4.57 Å². The summed E-state index contributed by atoms with van der Waals surface area (Å²) < 4.78 is 16.6. The van der Waals surface area contributed by atoms with Crippen LogP contribution in [0.25, 0.3) is 0 Å². The Bertz CT molecular complexity index is 1070. The molecule has 1 aliphatic heterocycles. The van der Waals surface area contributed by atoms with Gasteiger partial charge in [-0.25, -0.2) is 4.39 Å². The monoisotopic (exact) mass is 411 g/mol. The molecule has 5 nitrogen and oxygen atoms in total. The van der Waals surface area contributed by atoms with Crippen LogP contribution >= 0.6 is 11.3 Å². The Balaban J connectivity index is 1.52. The standard InChI is InChI=1S/C22H22FN3O2S/c1-14-11-18(15(2)26(14)13-17-5-4-10-29-17)22(28)24-16-7-8-20(19(23)12-16)25-9-3-6-21(25)27/h4-5,7-8,10-12H,3,6,9,13H2,1-2H3,(H,24,28). The van der Waals surface area contributed by atoms with Gasteiger partial charge in [0.25, 0.3) is 5.91 Å². The molecule has 0 radical (unpaired) electrons. The average molecular weight is 412 g/mol. The van der Waals surface area contributed by atoms with Gasteiger partial charge in [-0.2, -0.15) is 0 Å². The number of aryl methyl sites for hydroxylation is 1. The van der Waals surface area contributed by atoms with Gasteiger partial charge in [-0.15, -0.1) is 11.3 Å². The number of hydrogen-bond donors (Lipinski definition) is 1. The first-order valence-corrected chi connectivity index (χ1v) is 10.4. The Labute approximate surface area is 172 Å². The maximum atomic E-state index is 14.5. The predicted molar refractivity (Wildman–Crippen MR) is 113 cm³/mol. The molecule has 0 spiro atoms. The molecule has 1 aliphatic rings. The van der Waals surface area contributed by atoms with Crippen molar-refractivity contribution in [3.63, 3.8) is 0 Å². The fourth-order valence-electron chi connectivity index (χ4n) is 3.74. The number of anilines is 2. The van der Waals surface area contributed by atoms with Crippen LogP contribution in [0, 0.1) is 19.7 Å². The summed E-state index contributed by atoms with van der Waals surface area (Å²) >= 11 is 1.68. The van der Waals surface area contributed by atoms with Crippen molar-refractivity contribution >= 4 is 34.5 Å². The van der Waals surface area contributed by atoms with Crippen LogP contribution in [0.3, 0.4) is 0 Å². The van der Waals surface area contributed by atoms with Gasteiger partial charge in [-0.1, -0.05) is 6.07 Å². The SMILES string of the molecule is Cc1cc(C(=O)Nc2ccc(N3CCCC3=O)c(F)c2)c(C)n1Cc1cccs1. The van der Waals surface area contributed by atoms with E-state index in [0.717, 1.165) is 24.4 Å². The first-order valence-electron chi connectivity index (χ1n) is 9.54. The lowest BCUT2D eigenvalue weighted by Gasteiger charge is -2.17. The number of nitrogens with one attached hydrogen (secondary N) is 1. The zero-order valence-corrected chi connectivity index (χ0v) is 17.2. The van der Waals surface area contributed by atoms with E-state index >= 15 is 0 Å². The molecule has 2 amide bonds. The summed E-state index contributed by atoms with van der Waals surface area (Å²) in [5.41, 5.74) is 3.06. The topological polar surface area (TPSA) is 54.3 Å². The Morgan fingerprint density at radius 1 is 1.24 bits per heavy atom. The molecule has 0 atom stereocenters. The van der Waals surface area contributed by atoms with Crippen LogP contribution < -0.4 is 10.2 Å². The second-order valence-electron chi connectivity index (χ2n) is 7.22. The van der Waals surface area contributed by atoms with Gasteiger partial charge in [0.05, 0.1) is 17.8 Å². The minimum atomic E-state index is -0.513. The van der Waals surface area contributed by atoms with E-state index in [4.69, 9.17) is 0 Å². The third kappa shape index (κ3) is 3.82. The van der Waals surface area contributed by atoms with Gasteiger partial charge in [0.2, 0.25) is 5.91 Å². The molecule has 1 saturated heterocycles. The molecule has 7 heteroatoms. The normalized spacial score (nSPS) is 13.9. The van der Waals surface area contributed by atoms with Crippen LogP contribution in [0.5, 0.6) is 0 Å². The molecule has 150 valence electrons. The molecule has 4 rings (SSSR count). The van der Waals surface area contributed by atoms with Crippen molar-refractivity contribution in [3.8, 4) is 0 Å². The number of rotatable bonds is 5. The van der Waals surface area contributed by atoms with Crippen molar-refractivity contribution in [3.05, 3.63) is 69.4 Å². The fourth-order valence-corrected chi connectivity index (χ4v) is 4.43. The largest absolute Gasteiger partial charge is 0.343 e. The minimum Gasteiger partial charge on any atom is -0.343 e. The number of benzene rings is 1. The molecule has 1 fully saturated rings. The van der Waals surface area contributed by atoms with E-state index in [0.29, 0.717) is 24.2 Å². The van der Waals surface area contributed by atoms with E-state index < -0.39 is 5.82 Å². The number of aromatic nitrogens is 1. The average Bonchev–Trinajstić information content (AvgIpc) is 3.40. The van der Waals surface area contributed by atoms with E-state index in [1.807, 2.05) is 31.4 Å². The molecule has 0 aliphatic carbocycles. The second kappa shape index (κ2) is 7.83. The lowest BCUT2D eigenvalue weighted by atomic mass is 10.2. The molecular formula is C22H22FN3O2S. The molecule has 0 bridgehead atoms. The summed E-state index contributed by atoms with van der Waals surface area (Å²) in [6, 6.07) is 10.4. The van der Waals surface area contributed by atoms with E-state index in [9.17, 15) is 14.0 Å². The van der Waals surface area contributed by atoms with Gasteiger partial charge in [-0.3, -0.25) is 9.59 Å². The highest BCUT2D eigenvalue weighted by Crippen LogP contribution is 2.27. The molecule has 3 aromatic rings. The Morgan fingerprint density at radius 3 is 2.72 bits per heavy atom. The molecule has 0 unspecified atom stereocenters. The highest BCUT2D eigenvalue weighted by molar-refractivity contribution is 7.09. The van der Waals surface area contributed by atoms with Crippen LogP contribution in [0.1, 0.15) is 39.5 Å². The summed E-state index contributed by atoms with van der Waals surface area (Å²) in [6.45, 7) is 5.13. The van der Waals surface area contributed by atoms with Gasteiger partial charge in [-0.05, 0) is 56.0 Å². The van der Waals surface area contributed by atoms with Crippen LogP contribution in [0.15, 0.2) is 41.8 Å². The number of hydrogen-bond acceptors (Lipinski definition) is 3. The van der Waals surface area contributed by atoms with E-state index in [1.54, 1.807) is 23.5 Å². The molecule has 2 aromatic heterocycles. The number of carbonyl (C=O) groups is 2. The molecule has 3 heterocycles. The summed E-state index contributed by atoms with van der Waals surface area (Å²) in [5.74, 6) is -0.861. The lowest BCUT2D eigenvalue weighted by Crippen LogP contribution is -2.24. The lowest BCUT2D eigenvalue weighted by molar-refractivity contribution is -0.117. The van der Waals surface area contributed by atoms with Crippen molar-refractivity contribution in [1.29, 1.82) is 0 Å². The van der Waals surface area contributed by atoms with E-state index in [1.165, 1.54) is 15.8 Å². The molecular weight excluding hydrogens is 389 g/mol. The van der Waals surface area contributed by atoms with Crippen LogP contribution in [-0.2, 0) is 11.3 Å². The maximum Gasteiger partial charge on any atom is 0.257 e. The fraction of sp³-hybridized carbons (Fsp3) is 0.273. The Kier molecular flexibility index (Phi) is 5.24. The first kappa shape index (κ1) is 19.4. The van der Waals surface area contributed by atoms with E-state index in [-0.39, 0.29) is 17.5 Å². The number of halogens is 1. The van der Waals surface area contributed by atoms with Gasteiger partial charge in [0.15, 0.2) is 0 Å². The van der Waals surface area contributed by atoms with E-state index in [2.05, 4.69) is 16.0 Å². The maximum absolute atomic E-state index is 14.5. The number of nitrogens with zero attached hydrogens (tertiary/aromatic N) is 2. The summed E-state index contributed by atoms with van der Waals surface area (Å²) in [7, 11) is 0. The quantitative estimate of drug-likeness (QED) is 0.660. The van der Waals surface area contributed by atoms with Crippen LogP contribution in [0.2, 0.25) is 0 Å². The number of carbonyl (C=O) groups excluding carboxylic acids is 2. The van der Waals surface area contributed by atoms with Crippen LogP contribution in [-0.4, -0.2) is 22.9 Å². The highest BCUT2D eigenvalue weighted by atomic mass is 32.1. The second-order valence-corrected chi connectivity index (χ2v) is 8.25. The number of amides is 2. The van der Waals surface area contributed by atoms with Crippen molar-refractivity contribution < 1.29 is 14.0 Å². The third-order valence-electron chi connectivity index (χ3n) is 5.28. The Morgan fingerprint density at radius 2 is 2.07 bits per heavy atom. The van der Waals surface area contributed by atoms with Gasteiger partial charge < -0.3 is 14.8 Å². The van der Waals surface area contributed by atoms with Gasteiger partial charge in [0.1, 0.15) is 5.82 Å². The van der Waals surface area contributed by atoms with Crippen LogP contribution in [0.4, 0.5) is 15.8 Å². The van der Waals surface area contributed by atoms with Crippen molar-refractivity contribution in [2.45, 2.75) is 33.2 Å². The molecule has 1 N–H and O–H groups in total. The molecule has 29 heavy (non-hydrogen) atoms. The van der Waals surface area contributed by atoms with Crippen molar-refractivity contribution in [2.24, 2.45) is 0 Å². The first-order chi connectivity index (χ1) is 13.9. The smallest absolute Gasteiger partial charge is 0.257 e.